The SMILES string of the molecule is Cc1ccc(N2NC(C(=O)N3CCN(c4ccc(C(F)(F)F)cn4)CC3)=NCC2=O)cc1. The summed E-state index contributed by atoms with van der Waals surface area (Å²) < 4.78 is 38.2. The Labute approximate surface area is 182 Å². The molecule has 4 rings (SSSR count). The molecule has 168 valence electrons. The number of hydrogen-bond acceptors (Lipinski definition) is 6. The summed E-state index contributed by atoms with van der Waals surface area (Å²) in [6.07, 6.45) is -3.62. The van der Waals surface area contributed by atoms with Gasteiger partial charge in [-0.1, -0.05) is 17.7 Å². The number of rotatable bonds is 3. The monoisotopic (exact) mass is 446 g/mol. The Morgan fingerprint density at radius 1 is 1.03 bits per heavy atom. The molecular weight excluding hydrogens is 425 g/mol. The quantitative estimate of drug-likeness (QED) is 0.780. The molecule has 0 unspecified atom stereocenters. The van der Waals surface area contributed by atoms with Crippen LogP contribution >= 0.6 is 0 Å². The molecular formula is C21H21F3N6O2. The third-order valence-corrected chi connectivity index (χ3v) is 5.30. The van der Waals surface area contributed by atoms with Gasteiger partial charge in [-0.2, -0.15) is 13.2 Å². The molecule has 0 aliphatic carbocycles. The largest absolute Gasteiger partial charge is 0.417 e. The fraction of sp³-hybridized carbons (Fsp3) is 0.333. The molecule has 2 aliphatic rings. The van der Waals surface area contributed by atoms with Gasteiger partial charge in [0.15, 0.2) is 0 Å². The van der Waals surface area contributed by atoms with E-state index in [0.717, 1.165) is 17.8 Å². The molecule has 3 heterocycles. The molecule has 11 heteroatoms. The maximum atomic E-state index is 12.9. The highest BCUT2D eigenvalue weighted by atomic mass is 19.4. The average Bonchev–Trinajstić information content (AvgIpc) is 2.79. The van der Waals surface area contributed by atoms with E-state index in [1.165, 1.54) is 11.1 Å². The zero-order valence-corrected chi connectivity index (χ0v) is 17.3. The highest BCUT2D eigenvalue weighted by Gasteiger charge is 2.32. The number of carbonyl (C=O) groups is 2. The first-order valence-corrected chi connectivity index (χ1v) is 10.0. The van der Waals surface area contributed by atoms with Gasteiger partial charge in [0.2, 0.25) is 5.84 Å². The lowest BCUT2D eigenvalue weighted by atomic mass is 10.2. The van der Waals surface area contributed by atoms with Gasteiger partial charge in [0.25, 0.3) is 11.8 Å². The van der Waals surface area contributed by atoms with Crippen molar-refractivity contribution in [2.45, 2.75) is 13.1 Å². The van der Waals surface area contributed by atoms with Gasteiger partial charge in [0, 0.05) is 32.4 Å². The second kappa shape index (κ2) is 8.48. The lowest BCUT2D eigenvalue weighted by Gasteiger charge is -2.36. The smallest absolute Gasteiger partial charge is 0.353 e. The van der Waals surface area contributed by atoms with Crippen LogP contribution in [0.25, 0.3) is 0 Å². The molecule has 1 fully saturated rings. The molecule has 8 nitrogen and oxygen atoms in total. The lowest BCUT2D eigenvalue weighted by molar-refractivity contribution is -0.137. The van der Waals surface area contributed by atoms with Crippen LogP contribution in [0.2, 0.25) is 0 Å². The summed E-state index contributed by atoms with van der Waals surface area (Å²) in [5.41, 5.74) is 3.66. The van der Waals surface area contributed by atoms with Crippen LogP contribution in [0.1, 0.15) is 11.1 Å². The van der Waals surface area contributed by atoms with Crippen LogP contribution < -0.4 is 15.3 Å². The van der Waals surface area contributed by atoms with Crippen LogP contribution in [0.4, 0.5) is 24.7 Å². The number of piperazine rings is 1. The van der Waals surface area contributed by atoms with E-state index in [0.29, 0.717) is 37.7 Å². The van der Waals surface area contributed by atoms with Crippen molar-refractivity contribution in [3.8, 4) is 0 Å². The molecule has 2 aromatic rings. The summed E-state index contributed by atoms with van der Waals surface area (Å²) in [6, 6.07) is 9.63. The number of amides is 2. The summed E-state index contributed by atoms with van der Waals surface area (Å²) in [5, 5.41) is 1.31. The van der Waals surface area contributed by atoms with E-state index < -0.39 is 11.7 Å². The minimum atomic E-state index is -4.43. The Kier molecular flexibility index (Phi) is 5.72. The topological polar surface area (TPSA) is 81.1 Å². The third kappa shape index (κ3) is 4.51. The maximum Gasteiger partial charge on any atom is 0.417 e. The standard InChI is InChI=1S/C21H21F3N6O2/c1-14-2-5-16(6-3-14)30-18(31)13-26-19(27-30)20(32)29-10-8-28(9-11-29)17-7-4-15(12-25-17)21(22,23)24/h2-7,12H,8-11,13H2,1H3,(H,26,27). The minimum Gasteiger partial charge on any atom is -0.353 e. The number of nitrogens with one attached hydrogen (secondary N) is 1. The van der Waals surface area contributed by atoms with E-state index in [4.69, 9.17) is 0 Å². The fourth-order valence-corrected chi connectivity index (χ4v) is 3.47. The van der Waals surface area contributed by atoms with E-state index in [1.54, 1.807) is 17.0 Å². The normalized spacial score (nSPS) is 17.2. The highest BCUT2D eigenvalue weighted by Crippen LogP contribution is 2.29. The second-order valence-corrected chi connectivity index (χ2v) is 7.52. The van der Waals surface area contributed by atoms with Gasteiger partial charge in [0.1, 0.15) is 12.4 Å². The Bertz CT molecular complexity index is 1030. The first-order valence-electron chi connectivity index (χ1n) is 10.0. The van der Waals surface area contributed by atoms with E-state index in [9.17, 15) is 22.8 Å². The number of halogens is 3. The molecule has 1 N–H and O–H groups in total. The van der Waals surface area contributed by atoms with Crippen molar-refractivity contribution in [2.24, 2.45) is 4.99 Å². The molecule has 0 atom stereocenters. The van der Waals surface area contributed by atoms with E-state index in [-0.39, 0.29) is 24.2 Å². The Morgan fingerprint density at radius 2 is 1.72 bits per heavy atom. The Balaban J connectivity index is 1.38. The number of pyridine rings is 1. The van der Waals surface area contributed by atoms with Crippen molar-refractivity contribution < 1.29 is 22.8 Å². The van der Waals surface area contributed by atoms with Gasteiger partial charge in [0.05, 0.1) is 11.3 Å². The first kappa shape index (κ1) is 21.6. The number of amidine groups is 1. The molecule has 2 amide bonds. The number of aryl methyl sites for hydroxylation is 1. The maximum absolute atomic E-state index is 12.9. The summed E-state index contributed by atoms with van der Waals surface area (Å²) >= 11 is 0. The Morgan fingerprint density at radius 3 is 2.31 bits per heavy atom. The van der Waals surface area contributed by atoms with E-state index in [2.05, 4.69) is 15.4 Å². The van der Waals surface area contributed by atoms with Crippen molar-refractivity contribution >= 4 is 29.2 Å². The number of benzene rings is 1. The number of aromatic nitrogens is 1. The highest BCUT2D eigenvalue weighted by molar-refractivity contribution is 6.39. The number of hydrogen-bond donors (Lipinski definition) is 1. The molecule has 1 aromatic carbocycles. The van der Waals surface area contributed by atoms with Gasteiger partial charge >= 0.3 is 6.18 Å². The van der Waals surface area contributed by atoms with Crippen LogP contribution in [0.15, 0.2) is 47.6 Å². The molecule has 0 spiro atoms. The third-order valence-electron chi connectivity index (χ3n) is 5.30. The van der Waals surface area contributed by atoms with Gasteiger partial charge in [-0.25, -0.2) is 9.99 Å². The second-order valence-electron chi connectivity index (χ2n) is 7.52. The van der Waals surface area contributed by atoms with Gasteiger partial charge in [-0.05, 0) is 31.2 Å². The van der Waals surface area contributed by atoms with Gasteiger partial charge < -0.3 is 9.80 Å². The van der Waals surface area contributed by atoms with Crippen LogP contribution in [0, 0.1) is 6.92 Å². The van der Waals surface area contributed by atoms with E-state index >= 15 is 0 Å². The molecule has 0 radical (unpaired) electrons. The minimum absolute atomic E-state index is 0.0753. The fourth-order valence-electron chi connectivity index (χ4n) is 3.47. The van der Waals surface area contributed by atoms with Gasteiger partial charge in [-0.15, -0.1) is 0 Å². The molecule has 0 saturated carbocycles. The number of carbonyl (C=O) groups excluding carboxylic acids is 2. The number of anilines is 2. The van der Waals surface area contributed by atoms with Crippen molar-refractivity contribution in [1.29, 1.82) is 0 Å². The Hall–Kier alpha value is -3.63. The predicted octanol–water partition coefficient (Wildman–Crippen LogP) is 2.01. The summed E-state index contributed by atoms with van der Waals surface area (Å²) in [5.74, 6) is -0.112. The zero-order chi connectivity index (χ0) is 22.9. The van der Waals surface area contributed by atoms with Gasteiger partial charge in [-0.3, -0.25) is 20.0 Å². The number of hydrazine groups is 1. The molecule has 0 bridgehead atoms. The first-order chi connectivity index (χ1) is 15.2. The lowest BCUT2D eigenvalue weighted by Crippen LogP contribution is -2.58. The van der Waals surface area contributed by atoms with Crippen molar-refractivity contribution in [2.75, 3.05) is 42.6 Å². The average molecular weight is 446 g/mol. The molecule has 1 saturated heterocycles. The van der Waals surface area contributed by atoms with Crippen molar-refractivity contribution in [3.63, 3.8) is 0 Å². The predicted molar refractivity (Wildman–Crippen MR) is 112 cm³/mol. The van der Waals surface area contributed by atoms with E-state index in [1.807, 2.05) is 24.0 Å². The summed E-state index contributed by atoms with van der Waals surface area (Å²) in [4.78, 5) is 36.6. The van der Waals surface area contributed by atoms with Crippen LogP contribution in [0.3, 0.4) is 0 Å². The van der Waals surface area contributed by atoms with Crippen molar-refractivity contribution in [3.05, 3.63) is 53.7 Å². The number of nitrogens with zero attached hydrogens (tertiary/aromatic N) is 5. The van der Waals surface area contributed by atoms with Crippen LogP contribution in [0.5, 0.6) is 0 Å². The zero-order valence-electron chi connectivity index (χ0n) is 17.3. The molecule has 2 aliphatic heterocycles. The number of alkyl halides is 3. The summed E-state index contributed by atoms with van der Waals surface area (Å²) in [7, 11) is 0. The molecule has 1 aromatic heterocycles. The van der Waals surface area contributed by atoms with Crippen molar-refractivity contribution in [1.82, 2.24) is 15.3 Å². The van der Waals surface area contributed by atoms with Crippen LogP contribution in [-0.4, -0.2) is 60.3 Å². The number of aliphatic imine (C=N–C) groups is 1. The summed E-state index contributed by atoms with van der Waals surface area (Å²) in [6.45, 7) is 3.32. The van der Waals surface area contributed by atoms with Crippen LogP contribution in [-0.2, 0) is 15.8 Å². The molecule has 32 heavy (non-hydrogen) atoms.